The van der Waals surface area contributed by atoms with E-state index in [4.69, 9.17) is 14.2 Å². The van der Waals surface area contributed by atoms with Gasteiger partial charge in [0.2, 0.25) is 0 Å². The Hall–Kier alpha value is -1.26. The summed E-state index contributed by atoms with van der Waals surface area (Å²) >= 11 is 0. The van der Waals surface area contributed by atoms with Crippen molar-refractivity contribution < 1.29 is 14.2 Å². The Bertz CT molecular complexity index is 397. The number of rotatable bonds is 8. The third kappa shape index (κ3) is 4.39. The molecule has 1 heterocycles. The smallest absolute Gasteiger partial charge is 0.161 e. The number of para-hydroxylation sites is 2. The minimum Gasteiger partial charge on any atom is -0.493 e. The average molecular weight is 279 g/mol. The van der Waals surface area contributed by atoms with Crippen molar-refractivity contribution >= 4 is 0 Å². The van der Waals surface area contributed by atoms with Crippen molar-refractivity contribution in [1.29, 1.82) is 0 Å². The lowest BCUT2D eigenvalue weighted by molar-refractivity contribution is 0.0182. The largest absolute Gasteiger partial charge is 0.493 e. The summed E-state index contributed by atoms with van der Waals surface area (Å²) in [5.74, 6) is 1.55. The lowest BCUT2D eigenvalue weighted by atomic mass is 10.2. The molecule has 1 aromatic carbocycles. The Morgan fingerprint density at radius 3 is 2.70 bits per heavy atom. The SMILES string of the molecule is CCCNCC1CCC(COc2ccccc2OC)O1. The summed E-state index contributed by atoms with van der Waals surface area (Å²) in [7, 11) is 1.66. The summed E-state index contributed by atoms with van der Waals surface area (Å²) in [4.78, 5) is 0. The van der Waals surface area contributed by atoms with Gasteiger partial charge in [-0.25, -0.2) is 0 Å². The first-order chi connectivity index (χ1) is 9.83. The molecule has 2 rings (SSSR count). The molecule has 1 N–H and O–H groups in total. The third-order valence-corrected chi connectivity index (χ3v) is 3.49. The quantitative estimate of drug-likeness (QED) is 0.743. The molecule has 0 spiro atoms. The van der Waals surface area contributed by atoms with Crippen LogP contribution in [-0.2, 0) is 4.74 Å². The van der Waals surface area contributed by atoms with E-state index in [0.717, 1.165) is 43.9 Å². The van der Waals surface area contributed by atoms with Crippen LogP contribution in [0.1, 0.15) is 26.2 Å². The minimum absolute atomic E-state index is 0.188. The first-order valence-electron chi connectivity index (χ1n) is 7.45. The van der Waals surface area contributed by atoms with Gasteiger partial charge in [0.25, 0.3) is 0 Å². The van der Waals surface area contributed by atoms with Crippen LogP contribution in [0.2, 0.25) is 0 Å². The van der Waals surface area contributed by atoms with Crippen molar-refractivity contribution in [1.82, 2.24) is 5.32 Å². The molecule has 1 aliphatic heterocycles. The third-order valence-electron chi connectivity index (χ3n) is 3.49. The fourth-order valence-electron chi connectivity index (χ4n) is 2.41. The van der Waals surface area contributed by atoms with Gasteiger partial charge >= 0.3 is 0 Å². The van der Waals surface area contributed by atoms with Crippen LogP contribution >= 0.6 is 0 Å². The van der Waals surface area contributed by atoms with Crippen molar-refractivity contribution in [3.63, 3.8) is 0 Å². The molecule has 0 saturated carbocycles. The lowest BCUT2D eigenvalue weighted by Gasteiger charge is -2.16. The van der Waals surface area contributed by atoms with Gasteiger partial charge in [0, 0.05) is 6.54 Å². The van der Waals surface area contributed by atoms with Gasteiger partial charge in [0.05, 0.1) is 19.3 Å². The van der Waals surface area contributed by atoms with Crippen LogP contribution in [0.25, 0.3) is 0 Å². The zero-order chi connectivity index (χ0) is 14.2. The van der Waals surface area contributed by atoms with Crippen LogP contribution in [0.5, 0.6) is 11.5 Å². The monoisotopic (exact) mass is 279 g/mol. The van der Waals surface area contributed by atoms with Crippen molar-refractivity contribution in [2.45, 2.75) is 38.4 Å². The van der Waals surface area contributed by atoms with Crippen molar-refractivity contribution in [3.05, 3.63) is 24.3 Å². The van der Waals surface area contributed by atoms with Crippen LogP contribution in [0.3, 0.4) is 0 Å². The molecule has 4 nitrogen and oxygen atoms in total. The number of nitrogens with one attached hydrogen (secondary N) is 1. The predicted molar refractivity (Wildman–Crippen MR) is 79.5 cm³/mol. The molecule has 0 aliphatic carbocycles. The Morgan fingerprint density at radius 2 is 1.95 bits per heavy atom. The molecule has 2 unspecified atom stereocenters. The lowest BCUT2D eigenvalue weighted by Crippen LogP contribution is -2.28. The molecule has 20 heavy (non-hydrogen) atoms. The highest BCUT2D eigenvalue weighted by atomic mass is 16.6. The summed E-state index contributed by atoms with van der Waals surface area (Å²) < 4.78 is 17.1. The minimum atomic E-state index is 0.188. The normalized spacial score (nSPS) is 21.9. The highest BCUT2D eigenvalue weighted by Gasteiger charge is 2.25. The Kier molecular flexibility index (Phi) is 6.15. The van der Waals surface area contributed by atoms with E-state index in [1.165, 1.54) is 0 Å². The van der Waals surface area contributed by atoms with Gasteiger partial charge in [-0.05, 0) is 37.9 Å². The molecule has 1 saturated heterocycles. The van der Waals surface area contributed by atoms with Crippen LogP contribution in [0.4, 0.5) is 0 Å². The number of benzene rings is 1. The molecule has 0 amide bonds. The summed E-state index contributed by atoms with van der Waals surface area (Å²) in [6.07, 6.45) is 3.85. The number of ether oxygens (including phenoxy) is 3. The van der Waals surface area contributed by atoms with Crippen LogP contribution in [-0.4, -0.2) is 39.0 Å². The van der Waals surface area contributed by atoms with Crippen LogP contribution < -0.4 is 14.8 Å². The zero-order valence-electron chi connectivity index (χ0n) is 12.4. The van der Waals surface area contributed by atoms with Crippen LogP contribution in [0.15, 0.2) is 24.3 Å². The zero-order valence-corrected chi connectivity index (χ0v) is 12.4. The van der Waals surface area contributed by atoms with E-state index in [9.17, 15) is 0 Å². The maximum absolute atomic E-state index is 5.97. The summed E-state index contributed by atoms with van der Waals surface area (Å²) in [5.41, 5.74) is 0. The highest BCUT2D eigenvalue weighted by molar-refractivity contribution is 5.39. The Labute approximate surface area is 121 Å². The van der Waals surface area contributed by atoms with Gasteiger partial charge in [-0.3, -0.25) is 0 Å². The first kappa shape index (κ1) is 15.1. The summed E-state index contributed by atoms with van der Waals surface area (Å²) in [6.45, 7) is 4.76. The van der Waals surface area contributed by atoms with Gasteiger partial charge in [0.1, 0.15) is 6.61 Å². The second-order valence-corrected chi connectivity index (χ2v) is 5.12. The fraction of sp³-hybridized carbons (Fsp3) is 0.625. The van der Waals surface area contributed by atoms with E-state index in [2.05, 4.69) is 12.2 Å². The Morgan fingerprint density at radius 1 is 1.20 bits per heavy atom. The van der Waals surface area contributed by atoms with Gasteiger partial charge < -0.3 is 19.5 Å². The molecule has 0 aromatic heterocycles. The predicted octanol–water partition coefficient (Wildman–Crippen LogP) is 2.62. The first-order valence-corrected chi connectivity index (χ1v) is 7.45. The van der Waals surface area contributed by atoms with E-state index in [0.29, 0.717) is 12.7 Å². The molecule has 0 radical (unpaired) electrons. The summed E-state index contributed by atoms with van der Waals surface area (Å²) in [5, 5.41) is 3.40. The number of methoxy groups -OCH3 is 1. The van der Waals surface area contributed by atoms with E-state index < -0.39 is 0 Å². The highest BCUT2D eigenvalue weighted by Crippen LogP contribution is 2.27. The van der Waals surface area contributed by atoms with E-state index >= 15 is 0 Å². The topological polar surface area (TPSA) is 39.7 Å². The molecule has 112 valence electrons. The molecule has 1 aromatic rings. The van der Waals surface area contributed by atoms with Crippen molar-refractivity contribution in [2.24, 2.45) is 0 Å². The van der Waals surface area contributed by atoms with E-state index in [1.54, 1.807) is 7.11 Å². The molecule has 4 heteroatoms. The number of hydrogen-bond donors (Lipinski definition) is 1. The fourth-order valence-corrected chi connectivity index (χ4v) is 2.41. The maximum atomic E-state index is 5.97. The van der Waals surface area contributed by atoms with Gasteiger partial charge in [-0.2, -0.15) is 0 Å². The molecule has 1 fully saturated rings. The Balaban J connectivity index is 1.72. The van der Waals surface area contributed by atoms with E-state index in [1.807, 2.05) is 24.3 Å². The average Bonchev–Trinajstić information content (AvgIpc) is 2.93. The standard InChI is InChI=1S/C16H25NO3/c1-3-10-17-11-13-8-9-14(20-13)12-19-16-7-5-4-6-15(16)18-2/h4-7,13-14,17H,3,8-12H2,1-2H3. The molecule has 2 atom stereocenters. The van der Waals surface area contributed by atoms with Gasteiger partial charge in [0.15, 0.2) is 11.5 Å². The van der Waals surface area contributed by atoms with Crippen LogP contribution in [0, 0.1) is 0 Å². The summed E-state index contributed by atoms with van der Waals surface area (Å²) in [6, 6.07) is 7.72. The second kappa shape index (κ2) is 8.12. The van der Waals surface area contributed by atoms with Crippen molar-refractivity contribution in [2.75, 3.05) is 26.8 Å². The molecule has 0 bridgehead atoms. The maximum Gasteiger partial charge on any atom is 0.161 e. The molecular formula is C16H25NO3. The van der Waals surface area contributed by atoms with Crippen molar-refractivity contribution in [3.8, 4) is 11.5 Å². The van der Waals surface area contributed by atoms with Gasteiger partial charge in [-0.15, -0.1) is 0 Å². The van der Waals surface area contributed by atoms with Gasteiger partial charge in [-0.1, -0.05) is 19.1 Å². The molecule has 1 aliphatic rings. The number of hydrogen-bond acceptors (Lipinski definition) is 4. The van der Waals surface area contributed by atoms with E-state index in [-0.39, 0.29) is 6.10 Å². The molecular weight excluding hydrogens is 254 g/mol. The second-order valence-electron chi connectivity index (χ2n) is 5.12.